The molecule has 0 aromatic rings. The van der Waals surface area contributed by atoms with Crippen LogP contribution in [0.5, 0.6) is 0 Å². The van der Waals surface area contributed by atoms with Gasteiger partial charge in [0.2, 0.25) is 41.4 Å². The monoisotopic (exact) mass is 845 g/mol. The predicted octanol–water partition coefficient (Wildman–Crippen LogP) is -5.56. The fourth-order valence-corrected chi connectivity index (χ4v) is 4.03. The molecular weight excluding hydrogens is 783 g/mol. The third-order valence-corrected chi connectivity index (χ3v) is 7.89. The van der Waals surface area contributed by atoms with Crippen LogP contribution in [0.15, 0.2) is 4.99 Å². The normalized spacial score (nSPS) is 13.4. The van der Waals surface area contributed by atoms with Crippen molar-refractivity contribution in [3.63, 3.8) is 0 Å². The highest BCUT2D eigenvalue weighted by Gasteiger charge is 2.35. The van der Waals surface area contributed by atoms with Crippen LogP contribution in [-0.2, 0) is 38.4 Å². The summed E-state index contributed by atoms with van der Waals surface area (Å²) in [7, 11) is 6.05. The van der Waals surface area contributed by atoms with Crippen molar-refractivity contribution in [3.05, 3.63) is 0 Å². The van der Waals surface area contributed by atoms with Crippen LogP contribution in [0.1, 0.15) is 46.5 Å². The van der Waals surface area contributed by atoms with E-state index in [4.69, 9.17) is 22.3 Å². The Hall–Kier alpha value is -4.27. The third-order valence-electron chi connectivity index (χ3n) is 6.56. The van der Waals surface area contributed by atoms with Gasteiger partial charge < -0.3 is 75.3 Å². The molecule has 0 spiro atoms. The highest BCUT2D eigenvalue weighted by molar-refractivity contribution is 8.76. The molecule has 0 aliphatic heterocycles. The molecule has 56 heavy (non-hydrogen) atoms. The molecule has 23 nitrogen and oxygen atoms in total. The Morgan fingerprint density at radius 3 is 1.70 bits per heavy atom. The molecule has 0 heterocycles. The Morgan fingerprint density at radius 1 is 0.768 bits per heavy atom. The summed E-state index contributed by atoms with van der Waals surface area (Å²) in [6, 6.07) is -7.80. The highest BCUT2D eigenvalue weighted by atomic mass is 33.1. The first-order valence-corrected chi connectivity index (χ1v) is 19.9. The first-order valence-electron chi connectivity index (χ1n) is 17.0. The van der Waals surface area contributed by atoms with E-state index in [2.05, 4.69) is 55.1 Å². The standard InChI is InChI=1S/C27H48N10O11.C2H6S2.CH5N.CH4O/c1-13(2)7-16(23(44)32-10-19(30)40)35-27(48)22(14(3)39)37-25(46)17(8-21(42)43)34-26(47)18(11-38)36-24(45)15(33-20(41)9-28)5-4-6-31-12-29;1-3-4-2;2*1-2/h12-18,22,38-39H,4-11,28H2,1-3H3,(H2,29,31)(H2,30,40)(H,32,44)(H,33,41)(H,34,47)(H,35,48)(H,36,45)(H,37,46)(H,42,43);1-2H3;2H2,1H3;2H,1H3/t14-,15+,16+,17+,18+,22+;;;/m1.../s1. The molecule has 0 aromatic carbocycles. The number of hydrogen-bond acceptors (Lipinski definition) is 16. The van der Waals surface area contributed by atoms with Crippen LogP contribution >= 0.6 is 21.6 Å². The maximum Gasteiger partial charge on any atom is 0.305 e. The number of nitrogens with one attached hydrogen (secondary N) is 6. The minimum Gasteiger partial charge on any atom is -0.481 e. The molecule has 0 aromatic heterocycles. The van der Waals surface area contributed by atoms with Crippen LogP contribution in [0.2, 0.25) is 0 Å². The number of aliphatic hydroxyl groups excluding tert-OH is 3. The summed E-state index contributed by atoms with van der Waals surface area (Å²) in [5.41, 5.74) is 20.0. The largest absolute Gasteiger partial charge is 0.481 e. The number of amides is 7. The zero-order valence-electron chi connectivity index (χ0n) is 32.9. The SMILES string of the molecule is CC(C)C[C@H](NC(=O)[C@@H](NC(=O)[C@H](CC(=O)O)NC(=O)[C@H](CO)NC(=O)[C@H](CCCN=CN)NC(=O)CN)[C@@H](C)O)C(=O)NCC(N)=O.CN.CO.CSSC. The van der Waals surface area contributed by atoms with Gasteiger partial charge in [0.05, 0.1) is 38.6 Å². The number of aliphatic hydroxyl groups is 3. The number of aliphatic carboxylic acids is 1. The highest BCUT2D eigenvalue weighted by Crippen LogP contribution is 2.09. The van der Waals surface area contributed by atoms with Crippen molar-refractivity contribution >= 4 is 75.2 Å². The van der Waals surface area contributed by atoms with Crippen molar-refractivity contribution in [1.82, 2.24) is 31.9 Å². The molecule has 0 saturated heterocycles. The van der Waals surface area contributed by atoms with Gasteiger partial charge in [-0.15, -0.1) is 0 Å². The molecule has 0 rings (SSSR count). The molecule has 0 fully saturated rings. The quantitative estimate of drug-likeness (QED) is 0.0186. The third kappa shape index (κ3) is 29.1. The zero-order chi connectivity index (χ0) is 44.4. The van der Waals surface area contributed by atoms with E-state index in [0.717, 1.165) is 20.4 Å². The number of primary amides is 1. The van der Waals surface area contributed by atoms with Gasteiger partial charge in [0.1, 0.15) is 30.2 Å². The molecule has 326 valence electrons. The van der Waals surface area contributed by atoms with Gasteiger partial charge in [0.15, 0.2) is 0 Å². The minimum atomic E-state index is -1.89. The average Bonchev–Trinajstić information content (AvgIpc) is 3.16. The van der Waals surface area contributed by atoms with Gasteiger partial charge in [-0.25, -0.2) is 0 Å². The van der Waals surface area contributed by atoms with Gasteiger partial charge in [-0.2, -0.15) is 0 Å². The van der Waals surface area contributed by atoms with Gasteiger partial charge in [0.25, 0.3) is 0 Å². The van der Waals surface area contributed by atoms with E-state index in [1.54, 1.807) is 35.4 Å². The summed E-state index contributed by atoms with van der Waals surface area (Å²) in [6.07, 6.45) is 2.95. The summed E-state index contributed by atoms with van der Waals surface area (Å²) in [4.78, 5) is 103. The number of nitrogens with two attached hydrogens (primary N) is 4. The molecule has 18 N–H and O–H groups in total. The summed E-state index contributed by atoms with van der Waals surface area (Å²) in [5.74, 6) is -8.42. The van der Waals surface area contributed by atoms with Crippen molar-refractivity contribution in [2.24, 2.45) is 33.8 Å². The van der Waals surface area contributed by atoms with E-state index in [1.165, 1.54) is 7.05 Å². The molecule has 0 bridgehead atoms. The number of rotatable bonds is 24. The van der Waals surface area contributed by atoms with Gasteiger partial charge in [-0.05, 0) is 51.7 Å². The lowest BCUT2D eigenvalue weighted by Gasteiger charge is -2.27. The Bertz CT molecular complexity index is 1220. The van der Waals surface area contributed by atoms with Crippen LogP contribution < -0.4 is 54.8 Å². The number of hydrogen-bond donors (Lipinski definition) is 14. The lowest BCUT2D eigenvalue weighted by Crippen LogP contribution is -2.62. The van der Waals surface area contributed by atoms with E-state index in [1.807, 2.05) is 0 Å². The molecule has 6 atom stereocenters. The summed E-state index contributed by atoms with van der Waals surface area (Å²) < 4.78 is 0. The van der Waals surface area contributed by atoms with Crippen molar-refractivity contribution in [2.45, 2.75) is 82.8 Å². The van der Waals surface area contributed by atoms with Crippen LogP contribution in [0, 0.1) is 5.92 Å². The second-order valence-electron chi connectivity index (χ2n) is 11.4. The van der Waals surface area contributed by atoms with Crippen molar-refractivity contribution in [1.29, 1.82) is 0 Å². The van der Waals surface area contributed by atoms with Crippen molar-refractivity contribution in [2.75, 3.05) is 52.9 Å². The van der Waals surface area contributed by atoms with Crippen LogP contribution in [-0.4, -0.2) is 163 Å². The Balaban J connectivity index is -0.00000155. The van der Waals surface area contributed by atoms with Crippen LogP contribution in [0.3, 0.4) is 0 Å². The number of carbonyl (C=O) groups is 8. The molecular formula is C31H63N11O12S2. The number of carboxylic acid groups (broad SMARTS) is 1. The fourth-order valence-electron chi connectivity index (χ4n) is 4.03. The lowest BCUT2D eigenvalue weighted by atomic mass is 10.0. The second kappa shape index (κ2) is 36.4. The van der Waals surface area contributed by atoms with Crippen LogP contribution in [0.25, 0.3) is 0 Å². The van der Waals surface area contributed by atoms with E-state index >= 15 is 0 Å². The first-order chi connectivity index (χ1) is 26.4. The van der Waals surface area contributed by atoms with E-state index in [9.17, 15) is 53.7 Å². The lowest BCUT2D eigenvalue weighted by molar-refractivity contribution is -0.142. The maximum atomic E-state index is 13.1. The number of carbonyl (C=O) groups excluding carboxylic acids is 7. The van der Waals surface area contributed by atoms with Crippen LogP contribution in [0.4, 0.5) is 0 Å². The van der Waals surface area contributed by atoms with Gasteiger partial charge in [0, 0.05) is 13.7 Å². The molecule has 0 aliphatic rings. The molecule has 0 unspecified atom stereocenters. The number of carboxylic acids is 1. The molecule has 0 radical (unpaired) electrons. The van der Waals surface area contributed by atoms with Crippen molar-refractivity contribution < 1.29 is 58.8 Å². The smallest absolute Gasteiger partial charge is 0.305 e. The number of aliphatic imine (C=N–C) groups is 1. The van der Waals surface area contributed by atoms with Crippen molar-refractivity contribution in [3.8, 4) is 0 Å². The first kappa shape index (κ1) is 58.4. The molecule has 0 saturated carbocycles. The molecule has 25 heteroatoms. The van der Waals surface area contributed by atoms with E-state index in [0.29, 0.717) is 0 Å². The number of nitrogens with zero attached hydrogens (tertiary/aromatic N) is 1. The molecule has 7 amide bonds. The zero-order valence-corrected chi connectivity index (χ0v) is 34.5. The maximum absolute atomic E-state index is 13.1. The van der Waals surface area contributed by atoms with E-state index < -0.39 is 110 Å². The predicted molar refractivity (Wildman–Crippen MR) is 213 cm³/mol. The van der Waals surface area contributed by atoms with Gasteiger partial charge in [-0.3, -0.25) is 43.3 Å². The Morgan fingerprint density at radius 2 is 1.27 bits per heavy atom. The second-order valence-corrected chi connectivity index (χ2v) is 14.0. The summed E-state index contributed by atoms with van der Waals surface area (Å²) in [6.45, 7) is 2.84. The summed E-state index contributed by atoms with van der Waals surface area (Å²) >= 11 is 0. The fraction of sp³-hybridized carbons (Fsp3) is 0.710. The minimum absolute atomic E-state index is 0.0341. The van der Waals surface area contributed by atoms with E-state index in [-0.39, 0.29) is 31.7 Å². The Kier molecular flexibility index (Phi) is 38.0. The molecule has 0 aliphatic carbocycles. The van der Waals surface area contributed by atoms with Gasteiger partial charge >= 0.3 is 5.97 Å². The average molecular weight is 846 g/mol. The van der Waals surface area contributed by atoms with Gasteiger partial charge in [-0.1, -0.05) is 35.4 Å². The summed E-state index contributed by atoms with van der Waals surface area (Å²) in [5, 5.41) is 49.8. The topological polar surface area (TPSA) is 406 Å². The Labute approximate surface area is 334 Å².